The van der Waals surface area contributed by atoms with E-state index in [0.717, 1.165) is 63.9 Å². The van der Waals surface area contributed by atoms with Crippen LogP contribution in [0.5, 0.6) is 0 Å². The summed E-state index contributed by atoms with van der Waals surface area (Å²) in [4.78, 5) is 28.1. The van der Waals surface area contributed by atoms with E-state index in [2.05, 4.69) is 20.1 Å². The van der Waals surface area contributed by atoms with Gasteiger partial charge < -0.3 is 15.1 Å². The lowest BCUT2D eigenvalue weighted by atomic mass is 9.98. The number of amides is 1. The second kappa shape index (κ2) is 9.74. The van der Waals surface area contributed by atoms with Gasteiger partial charge in [0.15, 0.2) is 0 Å². The Balaban J connectivity index is 1.35. The van der Waals surface area contributed by atoms with E-state index >= 15 is 0 Å². The molecule has 1 amide bonds. The predicted molar refractivity (Wildman–Crippen MR) is 116 cm³/mol. The van der Waals surface area contributed by atoms with Gasteiger partial charge in [-0.15, -0.1) is 0 Å². The maximum atomic E-state index is 11.8. The second-order valence-corrected chi connectivity index (χ2v) is 8.88. The Kier molecular flexibility index (Phi) is 6.85. The number of piperidine rings is 2. The van der Waals surface area contributed by atoms with Gasteiger partial charge in [0, 0.05) is 57.9 Å². The molecule has 160 valence electrons. The Morgan fingerprint density at radius 1 is 1.00 bits per heavy atom. The third-order valence-electron chi connectivity index (χ3n) is 6.72. The normalized spacial score (nSPS) is 26.8. The van der Waals surface area contributed by atoms with Crippen molar-refractivity contribution in [2.24, 2.45) is 0 Å². The highest BCUT2D eigenvalue weighted by Crippen LogP contribution is 2.23. The molecule has 0 aromatic carbocycles. The van der Waals surface area contributed by atoms with Crippen molar-refractivity contribution in [3.8, 4) is 0 Å². The van der Waals surface area contributed by atoms with E-state index < -0.39 is 0 Å². The molecule has 7 heteroatoms. The summed E-state index contributed by atoms with van der Waals surface area (Å²) in [6.45, 7) is 7.82. The molecule has 1 N–H and O–H groups in total. The van der Waals surface area contributed by atoms with Crippen LogP contribution in [0, 0.1) is 0 Å². The molecule has 0 saturated carbocycles. The average Bonchev–Trinajstić information content (AvgIpc) is 3.04. The van der Waals surface area contributed by atoms with Crippen LogP contribution in [-0.2, 0) is 4.79 Å². The molecule has 3 saturated heterocycles. The fourth-order valence-electron chi connectivity index (χ4n) is 5.07. The van der Waals surface area contributed by atoms with Crippen LogP contribution in [0.25, 0.3) is 0 Å². The van der Waals surface area contributed by atoms with E-state index in [9.17, 15) is 4.79 Å². The fraction of sp³-hybridized carbons (Fsp3) is 0.773. The third-order valence-corrected chi connectivity index (χ3v) is 6.72. The van der Waals surface area contributed by atoms with Crippen LogP contribution in [0.15, 0.2) is 12.3 Å². The van der Waals surface area contributed by atoms with Crippen LogP contribution in [-0.4, -0.2) is 77.0 Å². The van der Waals surface area contributed by atoms with Crippen LogP contribution < -0.4 is 10.2 Å². The number of carbonyl (C=O) groups excluding carboxylic acids is 1. The molecule has 3 fully saturated rings. The zero-order valence-electron chi connectivity index (χ0n) is 17.9. The monoisotopic (exact) mass is 400 g/mol. The molecule has 0 radical (unpaired) electrons. The lowest BCUT2D eigenvalue weighted by molar-refractivity contribution is -0.131. The first-order chi connectivity index (χ1) is 14.2. The van der Waals surface area contributed by atoms with Crippen molar-refractivity contribution in [2.45, 2.75) is 70.4 Å². The Morgan fingerprint density at radius 2 is 1.79 bits per heavy atom. The number of nitrogens with zero attached hydrogens (tertiary/aromatic N) is 5. The molecular weight excluding hydrogens is 364 g/mol. The van der Waals surface area contributed by atoms with Gasteiger partial charge >= 0.3 is 0 Å². The lowest BCUT2D eigenvalue weighted by Crippen LogP contribution is -2.54. The largest absolute Gasteiger partial charge is 0.356 e. The minimum Gasteiger partial charge on any atom is -0.356 e. The van der Waals surface area contributed by atoms with Crippen LogP contribution in [0.4, 0.5) is 11.8 Å². The number of anilines is 2. The Labute approximate surface area is 174 Å². The van der Waals surface area contributed by atoms with Crippen molar-refractivity contribution in [1.82, 2.24) is 19.8 Å². The summed E-state index contributed by atoms with van der Waals surface area (Å²) < 4.78 is 0. The van der Waals surface area contributed by atoms with Crippen LogP contribution >= 0.6 is 0 Å². The van der Waals surface area contributed by atoms with Crippen LogP contribution in [0.1, 0.15) is 58.3 Å². The van der Waals surface area contributed by atoms with Gasteiger partial charge in [-0.3, -0.25) is 9.69 Å². The molecule has 0 aliphatic carbocycles. The first-order valence-corrected chi connectivity index (χ1v) is 11.5. The van der Waals surface area contributed by atoms with Crippen molar-refractivity contribution < 1.29 is 4.79 Å². The van der Waals surface area contributed by atoms with Crippen molar-refractivity contribution >= 4 is 17.7 Å². The van der Waals surface area contributed by atoms with Gasteiger partial charge in [-0.2, -0.15) is 4.98 Å². The average molecular weight is 401 g/mol. The van der Waals surface area contributed by atoms with Gasteiger partial charge in [0.25, 0.3) is 0 Å². The van der Waals surface area contributed by atoms with Gasteiger partial charge in [0.2, 0.25) is 11.9 Å². The first-order valence-electron chi connectivity index (χ1n) is 11.5. The number of hydrogen-bond acceptors (Lipinski definition) is 6. The molecule has 0 bridgehead atoms. The van der Waals surface area contributed by atoms with Gasteiger partial charge in [-0.05, 0) is 51.1 Å². The minimum atomic E-state index is 0.208. The van der Waals surface area contributed by atoms with Gasteiger partial charge in [-0.1, -0.05) is 12.8 Å². The number of aromatic nitrogens is 2. The molecule has 4 rings (SSSR count). The predicted octanol–water partition coefficient (Wildman–Crippen LogP) is 2.74. The smallest absolute Gasteiger partial charge is 0.224 e. The number of likely N-dealkylation sites (tertiary alicyclic amines) is 2. The van der Waals surface area contributed by atoms with Crippen molar-refractivity contribution in [2.75, 3.05) is 49.5 Å². The molecule has 3 aliphatic rings. The molecule has 7 nitrogen and oxygen atoms in total. The topological polar surface area (TPSA) is 64.6 Å². The maximum absolute atomic E-state index is 11.8. The van der Waals surface area contributed by atoms with E-state index in [1.807, 2.05) is 17.2 Å². The van der Waals surface area contributed by atoms with Crippen LogP contribution in [0.2, 0.25) is 0 Å². The zero-order chi connectivity index (χ0) is 20.1. The summed E-state index contributed by atoms with van der Waals surface area (Å²) in [6.07, 6.45) is 11.7. The molecule has 1 aromatic heterocycles. The molecule has 4 heterocycles. The summed E-state index contributed by atoms with van der Waals surface area (Å²) in [5.74, 6) is 2.02. The van der Waals surface area contributed by atoms with Gasteiger partial charge in [0.05, 0.1) is 0 Å². The highest BCUT2D eigenvalue weighted by atomic mass is 16.2. The van der Waals surface area contributed by atoms with Gasteiger partial charge in [0.1, 0.15) is 5.82 Å². The summed E-state index contributed by atoms with van der Waals surface area (Å²) in [5.41, 5.74) is 0. The molecule has 1 unspecified atom stereocenters. The fourth-order valence-corrected chi connectivity index (χ4v) is 5.07. The first kappa shape index (κ1) is 20.4. The van der Waals surface area contributed by atoms with Gasteiger partial charge in [-0.25, -0.2) is 4.98 Å². The quantitative estimate of drug-likeness (QED) is 0.838. The highest BCUT2D eigenvalue weighted by Gasteiger charge is 2.30. The SMILES string of the molecule is CC(=O)N1CCCC(N2CCC[C@H](Nc3nccc(N4CCCCCC4)n3)C2)C1. The Morgan fingerprint density at radius 3 is 2.59 bits per heavy atom. The lowest BCUT2D eigenvalue weighted by Gasteiger charge is -2.43. The van der Waals surface area contributed by atoms with E-state index in [4.69, 9.17) is 4.98 Å². The minimum absolute atomic E-state index is 0.208. The molecule has 3 aliphatic heterocycles. The third kappa shape index (κ3) is 5.38. The second-order valence-electron chi connectivity index (χ2n) is 8.88. The number of rotatable bonds is 4. The summed E-state index contributed by atoms with van der Waals surface area (Å²) in [6, 6.07) is 2.90. The molecular formula is C22H36N6O. The van der Waals surface area contributed by atoms with E-state index in [1.54, 1.807) is 6.92 Å². The van der Waals surface area contributed by atoms with Crippen molar-refractivity contribution in [3.05, 3.63) is 12.3 Å². The van der Waals surface area contributed by atoms with Crippen LogP contribution in [0.3, 0.4) is 0 Å². The van der Waals surface area contributed by atoms with E-state index in [1.165, 1.54) is 38.5 Å². The standard InChI is InChI=1S/C22H36N6O/c1-18(29)27-14-7-9-20(17-27)28-15-6-8-19(16-28)24-22-23-11-10-21(25-22)26-12-4-2-3-5-13-26/h10-11,19-20H,2-9,12-17H2,1H3,(H,23,24,25)/t19-,20?/m0/s1. The number of carbonyl (C=O) groups is 1. The number of hydrogen-bond donors (Lipinski definition) is 1. The summed E-state index contributed by atoms with van der Waals surface area (Å²) in [5, 5.41) is 3.61. The molecule has 0 spiro atoms. The molecule has 2 atom stereocenters. The molecule has 1 aromatic rings. The summed E-state index contributed by atoms with van der Waals surface area (Å²) in [7, 11) is 0. The molecule has 29 heavy (non-hydrogen) atoms. The van der Waals surface area contributed by atoms with Crippen molar-refractivity contribution in [3.63, 3.8) is 0 Å². The van der Waals surface area contributed by atoms with E-state index in [0.29, 0.717) is 12.1 Å². The van der Waals surface area contributed by atoms with Crippen molar-refractivity contribution in [1.29, 1.82) is 0 Å². The maximum Gasteiger partial charge on any atom is 0.224 e. The zero-order valence-corrected chi connectivity index (χ0v) is 17.9. The number of nitrogens with one attached hydrogen (secondary N) is 1. The highest BCUT2D eigenvalue weighted by molar-refractivity contribution is 5.73. The summed E-state index contributed by atoms with van der Waals surface area (Å²) >= 11 is 0. The Bertz CT molecular complexity index is 675. The van der Waals surface area contributed by atoms with E-state index in [-0.39, 0.29) is 5.91 Å². The Hall–Kier alpha value is -1.89.